The first-order chi connectivity index (χ1) is 11.3. The highest BCUT2D eigenvalue weighted by atomic mass is 79.9. The molecule has 24 heavy (non-hydrogen) atoms. The second kappa shape index (κ2) is 7.97. The quantitative estimate of drug-likeness (QED) is 0.721. The lowest BCUT2D eigenvalue weighted by Gasteiger charge is -2.12. The van der Waals surface area contributed by atoms with E-state index < -0.39 is 0 Å². The van der Waals surface area contributed by atoms with E-state index in [-0.39, 0.29) is 18.4 Å². The minimum atomic E-state index is -0.138. The molecule has 0 bridgehead atoms. The van der Waals surface area contributed by atoms with Crippen LogP contribution in [-0.2, 0) is 9.59 Å². The number of hydrogen-bond acceptors (Lipinski definition) is 3. The number of aryl methyl sites for hydroxylation is 2. The number of hydrogen-bond donors (Lipinski definition) is 3. The van der Waals surface area contributed by atoms with Gasteiger partial charge in [0.05, 0.1) is 6.54 Å². The number of halogens is 1. The monoisotopic (exact) mass is 389 g/mol. The number of carbonyl (C=O) groups is 2. The van der Waals surface area contributed by atoms with Crippen LogP contribution in [0, 0.1) is 13.8 Å². The summed E-state index contributed by atoms with van der Waals surface area (Å²) in [5, 5.41) is 8.68. The molecule has 3 N–H and O–H groups in total. The Morgan fingerprint density at radius 1 is 0.958 bits per heavy atom. The van der Waals surface area contributed by atoms with Crippen molar-refractivity contribution < 1.29 is 9.59 Å². The van der Waals surface area contributed by atoms with Crippen molar-refractivity contribution >= 4 is 44.8 Å². The Morgan fingerprint density at radius 3 is 2.29 bits per heavy atom. The molecule has 2 amide bonds. The average Bonchev–Trinajstić information content (AvgIpc) is 2.51. The Balaban J connectivity index is 1.98. The van der Waals surface area contributed by atoms with Crippen molar-refractivity contribution in [1.82, 2.24) is 0 Å². The number of nitrogens with one attached hydrogen (secondary N) is 3. The highest BCUT2D eigenvalue weighted by molar-refractivity contribution is 9.10. The van der Waals surface area contributed by atoms with Gasteiger partial charge in [-0.1, -0.05) is 22.0 Å². The zero-order chi connectivity index (χ0) is 17.7. The molecular weight excluding hydrogens is 370 g/mol. The number of anilines is 3. The van der Waals surface area contributed by atoms with Crippen LogP contribution in [0.1, 0.15) is 18.1 Å². The summed E-state index contributed by atoms with van der Waals surface area (Å²) >= 11 is 3.43. The van der Waals surface area contributed by atoms with Crippen LogP contribution in [0.3, 0.4) is 0 Å². The van der Waals surface area contributed by atoms with Crippen molar-refractivity contribution in [2.24, 2.45) is 0 Å². The molecule has 0 saturated heterocycles. The molecular formula is C18H20BrN3O2. The standard InChI is InChI=1S/C18H20BrN3O2/c1-11-4-5-15(21-13(3)23)9-17(11)20-10-18(24)22-14-6-7-16(19)12(2)8-14/h4-9,20H,10H2,1-3H3,(H,21,23)(H,22,24). The van der Waals surface area contributed by atoms with Gasteiger partial charge in [-0.3, -0.25) is 9.59 Å². The smallest absolute Gasteiger partial charge is 0.243 e. The first-order valence-electron chi connectivity index (χ1n) is 7.53. The predicted octanol–water partition coefficient (Wildman–Crippen LogP) is 4.07. The van der Waals surface area contributed by atoms with E-state index in [4.69, 9.17) is 0 Å². The number of rotatable bonds is 5. The summed E-state index contributed by atoms with van der Waals surface area (Å²) in [5.41, 5.74) is 4.31. The van der Waals surface area contributed by atoms with E-state index in [1.165, 1.54) is 6.92 Å². The van der Waals surface area contributed by atoms with E-state index >= 15 is 0 Å². The van der Waals surface area contributed by atoms with Crippen molar-refractivity contribution in [3.05, 3.63) is 52.0 Å². The maximum Gasteiger partial charge on any atom is 0.243 e. The van der Waals surface area contributed by atoms with Crippen LogP contribution in [0.15, 0.2) is 40.9 Å². The maximum atomic E-state index is 12.1. The number of amides is 2. The molecule has 0 atom stereocenters. The SMILES string of the molecule is CC(=O)Nc1ccc(C)c(NCC(=O)Nc2ccc(Br)c(C)c2)c1. The molecule has 0 aliphatic heterocycles. The fourth-order valence-corrected chi connectivity index (χ4v) is 2.44. The first-order valence-corrected chi connectivity index (χ1v) is 8.32. The zero-order valence-electron chi connectivity index (χ0n) is 13.9. The molecule has 0 saturated carbocycles. The summed E-state index contributed by atoms with van der Waals surface area (Å²) < 4.78 is 1.00. The van der Waals surface area contributed by atoms with E-state index in [1.54, 1.807) is 0 Å². The lowest BCUT2D eigenvalue weighted by molar-refractivity contribution is -0.115. The van der Waals surface area contributed by atoms with Gasteiger partial charge in [-0.05, 0) is 55.3 Å². The van der Waals surface area contributed by atoms with E-state index in [0.717, 1.165) is 27.0 Å². The van der Waals surface area contributed by atoms with Crippen LogP contribution in [0.2, 0.25) is 0 Å². The van der Waals surface area contributed by atoms with Crippen molar-refractivity contribution in [1.29, 1.82) is 0 Å². The highest BCUT2D eigenvalue weighted by Gasteiger charge is 2.06. The fourth-order valence-electron chi connectivity index (χ4n) is 2.20. The van der Waals surface area contributed by atoms with Crippen molar-refractivity contribution in [2.75, 3.05) is 22.5 Å². The summed E-state index contributed by atoms with van der Waals surface area (Å²) in [6.45, 7) is 5.50. The second-order valence-electron chi connectivity index (χ2n) is 5.58. The lowest BCUT2D eigenvalue weighted by atomic mass is 10.1. The van der Waals surface area contributed by atoms with E-state index in [0.29, 0.717) is 5.69 Å². The molecule has 0 fully saturated rings. The normalized spacial score (nSPS) is 10.2. The van der Waals surface area contributed by atoms with Crippen LogP contribution in [0.5, 0.6) is 0 Å². The minimum Gasteiger partial charge on any atom is -0.376 e. The molecule has 5 nitrogen and oxygen atoms in total. The predicted molar refractivity (Wildman–Crippen MR) is 101 cm³/mol. The molecule has 0 radical (unpaired) electrons. The third-order valence-corrected chi connectivity index (χ3v) is 4.33. The average molecular weight is 390 g/mol. The summed E-state index contributed by atoms with van der Waals surface area (Å²) in [4.78, 5) is 23.2. The highest BCUT2D eigenvalue weighted by Crippen LogP contribution is 2.21. The van der Waals surface area contributed by atoms with Gasteiger partial charge in [0.1, 0.15) is 0 Å². The van der Waals surface area contributed by atoms with Crippen LogP contribution in [0.25, 0.3) is 0 Å². The Bertz CT molecular complexity index is 775. The Hall–Kier alpha value is -2.34. The Kier molecular flexibility index (Phi) is 5.98. The van der Waals surface area contributed by atoms with Gasteiger partial charge < -0.3 is 16.0 Å². The lowest BCUT2D eigenvalue weighted by Crippen LogP contribution is -2.22. The zero-order valence-corrected chi connectivity index (χ0v) is 15.5. The number of benzene rings is 2. The van der Waals surface area contributed by atoms with Gasteiger partial charge in [0, 0.05) is 28.5 Å². The molecule has 0 aromatic heterocycles. The third kappa shape index (κ3) is 5.09. The summed E-state index contributed by atoms with van der Waals surface area (Å²) in [7, 11) is 0. The molecule has 126 valence electrons. The summed E-state index contributed by atoms with van der Waals surface area (Å²) in [5.74, 6) is -0.269. The fraction of sp³-hybridized carbons (Fsp3) is 0.222. The van der Waals surface area contributed by atoms with Gasteiger partial charge in [0.25, 0.3) is 0 Å². The van der Waals surface area contributed by atoms with E-state index in [2.05, 4.69) is 31.9 Å². The summed E-state index contributed by atoms with van der Waals surface area (Å²) in [6.07, 6.45) is 0. The van der Waals surface area contributed by atoms with E-state index in [1.807, 2.05) is 50.2 Å². The molecule has 0 unspecified atom stereocenters. The van der Waals surface area contributed by atoms with Crippen molar-refractivity contribution in [3.63, 3.8) is 0 Å². The third-order valence-electron chi connectivity index (χ3n) is 3.44. The topological polar surface area (TPSA) is 70.2 Å². The van der Waals surface area contributed by atoms with Gasteiger partial charge in [0.15, 0.2) is 0 Å². The molecule has 0 heterocycles. The van der Waals surface area contributed by atoms with Gasteiger partial charge in [-0.25, -0.2) is 0 Å². The van der Waals surface area contributed by atoms with Crippen LogP contribution in [-0.4, -0.2) is 18.4 Å². The molecule has 0 aliphatic rings. The van der Waals surface area contributed by atoms with Crippen molar-refractivity contribution in [2.45, 2.75) is 20.8 Å². The van der Waals surface area contributed by atoms with Gasteiger partial charge in [-0.2, -0.15) is 0 Å². The summed E-state index contributed by atoms with van der Waals surface area (Å²) in [6, 6.07) is 11.2. The van der Waals surface area contributed by atoms with Crippen LogP contribution in [0.4, 0.5) is 17.1 Å². The molecule has 0 spiro atoms. The Morgan fingerprint density at radius 2 is 1.62 bits per heavy atom. The first kappa shape index (κ1) is 18.0. The van der Waals surface area contributed by atoms with Gasteiger partial charge >= 0.3 is 0 Å². The minimum absolute atomic E-state index is 0.131. The van der Waals surface area contributed by atoms with Gasteiger partial charge in [-0.15, -0.1) is 0 Å². The van der Waals surface area contributed by atoms with Gasteiger partial charge in [0.2, 0.25) is 11.8 Å². The Labute approximate surface area is 150 Å². The second-order valence-corrected chi connectivity index (χ2v) is 6.43. The molecule has 6 heteroatoms. The van der Waals surface area contributed by atoms with Crippen LogP contribution < -0.4 is 16.0 Å². The van der Waals surface area contributed by atoms with Crippen molar-refractivity contribution in [3.8, 4) is 0 Å². The molecule has 2 aromatic carbocycles. The molecule has 0 aliphatic carbocycles. The largest absolute Gasteiger partial charge is 0.376 e. The maximum absolute atomic E-state index is 12.1. The van der Waals surface area contributed by atoms with Crippen LogP contribution >= 0.6 is 15.9 Å². The number of carbonyl (C=O) groups excluding carboxylic acids is 2. The van der Waals surface area contributed by atoms with E-state index in [9.17, 15) is 9.59 Å². The molecule has 2 rings (SSSR count). The molecule has 2 aromatic rings.